The van der Waals surface area contributed by atoms with Crippen LogP contribution in [0.5, 0.6) is 0 Å². The molecule has 0 atom stereocenters. The fourth-order valence-corrected chi connectivity index (χ4v) is 2.80. The molecule has 6 heteroatoms. The summed E-state index contributed by atoms with van der Waals surface area (Å²) in [5, 5.41) is 2.64. The molecule has 0 unspecified atom stereocenters. The van der Waals surface area contributed by atoms with Gasteiger partial charge in [-0.2, -0.15) is 0 Å². The molecule has 0 radical (unpaired) electrons. The molecule has 3 rings (SSSR count). The molecule has 25 heavy (non-hydrogen) atoms. The fourth-order valence-electron chi connectivity index (χ4n) is 2.80. The fraction of sp³-hybridized carbons (Fsp3) is 0.316. The molecule has 1 fully saturated rings. The number of carbonyl (C=O) groups is 1. The van der Waals surface area contributed by atoms with Gasteiger partial charge < -0.3 is 10.2 Å². The van der Waals surface area contributed by atoms with Gasteiger partial charge in [0, 0.05) is 45.1 Å². The van der Waals surface area contributed by atoms with E-state index in [1.807, 2.05) is 24.4 Å². The van der Waals surface area contributed by atoms with E-state index in [0.717, 1.165) is 44.2 Å². The Kier molecular flexibility index (Phi) is 5.60. The van der Waals surface area contributed by atoms with Crippen molar-refractivity contribution >= 4 is 11.7 Å². The summed E-state index contributed by atoms with van der Waals surface area (Å²) in [5.41, 5.74) is 1.61. The summed E-state index contributed by atoms with van der Waals surface area (Å²) >= 11 is 0. The van der Waals surface area contributed by atoms with Gasteiger partial charge in [-0.15, -0.1) is 6.42 Å². The molecule has 1 N–H and O–H groups in total. The van der Waals surface area contributed by atoms with Crippen molar-refractivity contribution in [2.75, 3.05) is 37.6 Å². The minimum absolute atomic E-state index is 0.197. The number of piperazine rings is 1. The van der Waals surface area contributed by atoms with Gasteiger partial charge in [0.25, 0.3) is 5.91 Å². The number of terminal acetylenes is 1. The van der Waals surface area contributed by atoms with Gasteiger partial charge in [-0.25, -0.2) is 4.98 Å². The molecular formula is C19H21N5O. The van der Waals surface area contributed by atoms with Gasteiger partial charge in [-0.1, -0.05) is 12.0 Å². The van der Waals surface area contributed by atoms with Gasteiger partial charge in [0.2, 0.25) is 0 Å². The third kappa shape index (κ3) is 4.55. The van der Waals surface area contributed by atoms with E-state index in [0.29, 0.717) is 5.56 Å². The minimum atomic E-state index is -0.197. The molecule has 1 amide bonds. The largest absolute Gasteiger partial charge is 0.354 e. The van der Waals surface area contributed by atoms with Crippen LogP contribution in [0.2, 0.25) is 0 Å². The van der Waals surface area contributed by atoms with Crippen LogP contribution in [0.4, 0.5) is 5.82 Å². The van der Waals surface area contributed by atoms with Crippen molar-refractivity contribution in [2.45, 2.75) is 6.54 Å². The van der Waals surface area contributed by atoms with Crippen molar-refractivity contribution in [2.24, 2.45) is 0 Å². The Hall–Kier alpha value is -2.91. The monoisotopic (exact) mass is 335 g/mol. The normalized spacial score (nSPS) is 14.8. The van der Waals surface area contributed by atoms with Crippen LogP contribution in [-0.4, -0.2) is 53.5 Å². The molecule has 0 bridgehead atoms. The Labute approximate surface area is 147 Å². The summed E-state index contributed by atoms with van der Waals surface area (Å²) in [5.74, 6) is 3.08. The molecule has 3 heterocycles. The molecule has 1 aliphatic heterocycles. The highest BCUT2D eigenvalue weighted by molar-refractivity contribution is 5.94. The maximum Gasteiger partial charge on any atom is 0.253 e. The SMILES string of the molecule is C#CCNC(=O)c1ccc(N2CCN(Cc3ccccn3)CC2)nc1. The van der Waals surface area contributed by atoms with E-state index in [2.05, 4.69) is 37.1 Å². The average molecular weight is 335 g/mol. The van der Waals surface area contributed by atoms with Crippen LogP contribution in [0.25, 0.3) is 0 Å². The zero-order chi connectivity index (χ0) is 17.5. The highest BCUT2D eigenvalue weighted by Crippen LogP contribution is 2.15. The smallest absolute Gasteiger partial charge is 0.253 e. The lowest BCUT2D eigenvalue weighted by molar-refractivity contribution is 0.0958. The number of carbonyl (C=O) groups excluding carboxylic acids is 1. The first-order valence-electron chi connectivity index (χ1n) is 8.31. The number of nitrogens with one attached hydrogen (secondary N) is 1. The van der Waals surface area contributed by atoms with Gasteiger partial charge in [-0.05, 0) is 24.3 Å². The van der Waals surface area contributed by atoms with Crippen molar-refractivity contribution in [3.8, 4) is 12.3 Å². The zero-order valence-corrected chi connectivity index (χ0v) is 14.1. The van der Waals surface area contributed by atoms with E-state index in [9.17, 15) is 4.79 Å². The Bertz CT molecular complexity index is 731. The second-order valence-electron chi connectivity index (χ2n) is 5.88. The van der Waals surface area contributed by atoms with Gasteiger partial charge in [0.1, 0.15) is 5.82 Å². The lowest BCUT2D eigenvalue weighted by atomic mass is 10.2. The highest BCUT2D eigenvalue weighted by atomic mass is 16.1. The van der Waals surface area contributed by atoms with Gasteiger partial charge in [-0.3, -0.25) is 14.7 Å². The van der Waals surface area contributed by atoms with Crippen molar-refractivity contribution < 1.29 is 4.79 Å². The second kappa shape index (κ2) is 8.27. The summed E-state index contributed by atoms with van der Waals surface area (Å²) in [6.07, 6.45) is 8.57. The van der Waals surface area contributed by atoms with E-state index in [1.54, 1.807) is 12.3 Å². The van der Waals surface area contributed by atoms with Gasteiger partial charge >= 0.3 is 0 Å². The van der Waals surface area contributed by atoms with Crippen LogP contribution in [0.3, 0.4) is 0 Å². The number of hydrogen-bond donors (Lipinski definition) is 1. The van der Waals surface area contributed by atoms with Crippen molar-refractivity contribution in [3.05, 3.63) is 54.0 Å². The van der Waals surface area contributed by atoms with Crippen LogP contribution in [0, 0.1) is 12.3 Å². The first kappa shape index (κ1) is 16.9. The third-order valence-corrected chi connectivity index (χ3v) is 4.17. The molecule has 0 aliphatic carbocycles. The van der Waals surface area contributed by atoms with Crippen LogP contribution < -0.4 is 10.2 Å². The van der Waals surface area contributed by atoms with Crippen molar-refractivity contribution in [3.63, 3.8) is 0 Å². The molecule has 2 aromatic rings. The van der Waals surface area contributed by atoms with Crippen molar-refractivity contribution in [1.29, 1.82) is 0 Å². The number of pyridine rings is 2. The summed E-state index contributed by atoms with van der Waals surface area (Å²) in [7, 11) is 0. The van der Waals surface area contributed by atoms with Gasteiger partial charge in [0.05, 0.1) is 17.8 Å². The number of amides is 1. The van der Waals surface area contributed by atoms with Crippen LogP contribution >= 0.6 is 0 Å². The van der Waals surface area contributed by atoms with Crippen LogP contribution in [-0.2, 0) is 6.54 Å². The maximum absolute atomic E-state index is 11.8. The number of hydrogen-bond acceptors (Lipinski definition) is 5. The molecule has 1 saturated heterocycles. The molecule has 1 aliphatic rings. The summed E-state index contributed by atoms with van der Waals surface area (Å²) in [4.78, 5) is 25.3. The standard InChI is InChI=1S/C19H21N5O/c1-2-8-21-19(25)16-6-7-18(22-14-16)24-12-10-23(11-13-24)15-17-5-3-4-9-20-17/h1,3-7,9,14H,8,10-13,15H2,(H,21,25). The Balaban J connectivity index is 1.52. The second-order valence-corrected chi connectivity index (χ2v) is 5.88. The summed E-state index contributed by atoms with van der Waals surface area (Å²) < 4.78 is 0. The maximum atomic E-state index is 11.8. The molecule has 2 aromatic heterocycles. The molecular weight excluding hydrogens is 314 g/mol. The zero-order valence-electron chi connectivity index (χ0n) is 14.1. The van der Waals surface area contributed by atoms with E-state index in [4.69, 9.17) is 6.42 Å². The Morgan fingerprint density at radius 3 is 2.64 bits per heavy atom. The highest BCUT2D eigenvalue weighted by Gasteiger charge is 2.18. The molecule has 0 saturated carbocycles. The average Bonchev–Trinajstić information content (AvgIpc) is 2.68. The number of rotatable bonds is 5. The lowest BCUT2D eigenvalue weighted by Gasteiger charge is -2.35. The number of nitrogens with zero attached hydrogens (tertiary/aromatic N) is 4. The Morgan fingerprint density at radius 1 is 1.16 bits per heavy atom. The van der Waals surface area contributed by atoms with Gasteiger partial charge in [0.15, 0.2) is 0 Å². The first-order chi connectivity index (χ1) is 12.3. The topological polar surface area (TPSA) is 61.4 Å². The van der Waals surface area contributed by atoms with Crippen LogP contribution in [0.15, 0.2) is 42.7 Å². The summed E-state index contributed by atoms with van der Waals surface area (Å²) in [6.45, 7) is 4.82. The number of anilines is 1. The third-order valence-electron chi connectivity index (χ3n) is 4.17. The quantitative estimate of drug-likeness (QED) is 0.831. The van der Waals surface area contributed by atoms with Crippen LogP contribution in [0.1, 0.15) is 16.1 Å². The van der Waals surface area contributed by atoms with E-state index >= 15 is 0 Å². The van der Waals surface area contributed by atoms with E-state index < -0.39 is 0 Å². The molecule has 0 spiro atoms. The van der Waals surface area contributed by atoms with Crippen molar-refractivity contribution in [1.82, 2.24) is 20.2 Å². The molecule has 128 valence electrons. The molecule has 6 nitrogen and oxygen atoms in total. The summed E-state index contributed by atoms with van der Waals surface area (Å²) in [6, 6.07) is 9.68. The Morgan fingerprint density at radius 2 is 2.00 bits per heavy atom. The lowest BCUT2D eigenvalue weighted by Crippen LogP contribution is -2.46. The predicted molar refractivity (Wildman–Crippen MR) is 97.1 cm³/mol. The number of aromatic nitrogens is 2. The predicted octanol–water partition coefficient (Wildman–Crippen LogP) is 1.16. The first-order valence-corrected chi connectivity index (χ1v) is 8.31. The van der Waals surface area contributed by atoms with E-state index in [-0.39, 0.29) is 12.5 Å². The minimum Gasteiger partial charge on any atom is -0.354 e. The van der Waals surface area contributed by atoms with E-state index in [1.165, 1.54) is 0 Å². The molecule has 0 aromatic carbocycles.